The Kier molecular flexibility index (Phi) is 5.72. The van der Waals surface area contributed by atoms with E-state index in [1.54, 1.807) is 6.92 Å². The molecule has 108 valence electrons. The molecule has 0 aliphatic carbocycles. The number of sulfonamides is 1. The summed E-state index contributed by atoms with van der Waals surface area (Å²) >= 11 is 2.93. The van der Waals surface area contributed by atoms with Crippen LogP contribution in [0.2, 0.25) is 0 Å². The topological polar surface area (TPSA) is 81.4 Å². The summed E-state index contributed by atoms with van der Waals surface area (Å²) in [5.41, 5.74) is 5.39. The van der Waals surface area contributed by atoms with E-state index >= 15 is 0 Å². The molecule has 0 spiro atoms. The minimum atomic E-state index is -3.80. The fraction of sp³-hybridized carbons (Fsp3) is 0.455. The van der Waals surface area contributed by atoms with Crippen LogP contribution in [0.25, 0.3) is 0 Å². The lowest BCUT2D eigenvalue weighted by Gasteiger charge is -2.14. The van der Waals surface area contributed by atoms with Crippen molar-refractivity contribution < 1.29 is 17.5 Å². The zero-order chi connectivity index (χ0) is 14.6. The van der Waals surface area contributed by atoms with Gasteiger partial charge in [-0.2, -0.15) is 0 Å². The van der Waals surface area contributed by atoms with Gasteiger partial charge in [-0.15, -0.1) is 0 Å². The number of halogens is 2. The Morgan fingerprint density at radius 1 is 1.53 bits per heavy atom. The van der Waals surface area contributed by atoms with Crippen LogP contribution in [0.4, 0.5) is 10.1 Å². The summed E-state index contributed by atoms with van der Waals surface area (Å²) in [5.74, 6) is -0.612. The van der Waals surface area contributed by atoms with Crippen LogP contribution in [0.3, 0.4) is 0 Å². The van der Waals surface area contributed by atoms with Gasteiger partial charge in [0.05, 0.1) is 16.3 Å². The molecule has 1 aromatic rings. The largest absolute Gasteiger partial charge is 0.398 e. The minimum Gasteiger partial charge on any atom is -0.398 e. The molecule has 0 heterocycles. The molecule has 19 heavy (non-hydrogen) atoms. The Morgan fingerprint density at radius 2 is 2.16 bits per heavy atom. The fourth-order valence-electron chi connectivity index (χ4n) is 1.42. The van der Waals surface area contributed by atoms with Crippen molar-refractivity contribution in [3.8, 4) is 0 Å². The van der Waals surface area contributed by atoms with E-state index in [0.717, 1.165) is 12.1 Å². The number of anilines is 1. The Balaban J connectivity index is 2.92. The molecule has 0 aliphatic heterocycles. The number of rotatable bonds is 6. The summed E-state index contributed by atoms with van der Waals surface area (Å²) in [7, 11) is -3.80. The van der Waals surface area contributed by atoms with Crippen molar-refractivity contribution in [3.05, 3.63) is 22.4 Å². The summed E-state index contributed by atoms with van der Waals surface area (Å²) in [6, 6.07) is 2.10. The van der Waals surface area contributed by atoms with Crippen LogP contribution >= 0.6 is 15.9 Å². The highest BCUT2D eigenvalue weighted by atomic mass is 79.9. The van der Waals surface area contributed by atoms with Crippen LogP contribution in [-0.4, -0.2) is 27.7 Å². The van der Waals surface area contributed by atoms with Crippen LogP contribution in [-0.2, 0) is 14.8 Å². The monoisotopic (exact) mass is 354 g/mol. The first-order valence-electron chi connectivity index (χ1n) is 5.63. The van der Waals surface area contributed by atoms with Gasteiger partial charge in [0.25, 0.3) is 0 Å². The maximum atomic E-state index is 13.2. The predicted molar refractivity (Wildman–Crippen MR) is 74.8 cm³/mol. The standard InChI is InChI=1S/C11H16BrFN2O3S/c1-3-18-7(2)6-15-19(16,17)11-4-8(12)9(13)5-10(11)14/h4-5,7,15H,3,6,14H2,1-2H3. The molecule has 1 atom stereocenters. The predicted octanol–water partition coefficient (Wildman–Crippen LogP) is 1.87. The van der Waals surface area contributed by atoms with Gasteiger partial charge in [0, 0.05) is 13.2 Å². The second kappa shape index (κ2) is 6.65. The summed E-state index contributed by atoms with van der Waals surface area (Å²) in [6.07, 6.45) is -0.259. The summed E-state index contributed by atoms with van der Waals surface area (Å²) in [5, 5.41) is 0. The van der Waals surface area contributed by atoms with E-state index in [1.807, 2.05) is 6.92 Å². The lowest BCUT2D eigenvalue weighted by Crippen LogP contribution is -2.32. The number of benzene rings is 1. The molecule has 0 bridgehead atoms. The van der Waals surface area contributed by atoms with E-state index < -0.39 is 15.8 Å². The van der Waals surface area contributed by atoms with Crippen molar-refractivity contribution in [2.45, 2.75) is 24.8 Å². The zero-order valence-corrected chi connectivity index (χ0v) is 13.0. The van der Waals surface area contributed by atoms with Gasteiger partial charge in [-0.3, -0.25) is 0 Å². The first-order valence-corrected chi connectivity index (χ1v) is 7.91. The Bertz CT molecular complexity index is 551. The zero-order valence-electron chi connectivity index (χ0n) is 10.6. The molecule has 1 rings (SSSR count). The quantitative estimate of drug-likeness (QED) is 0.764. The minimum absolute atomic E-state index is 0.0416. The van der Waals surface area contributed by atoms with E-state index in [-0.39, 0.29) is 27.7 Å². The Labute approximate surface area is 120 Å². The maximum absolute atomic E-state index is 13.2. The Hall–Kier alpha value is -0.700. The highest BCUT2D eigenvalue weighted by molar-refractivity contribution is 9.10. The molecule has 0 aliphatic rings. The first kappa shape index (κ1) is 16.4. The smallest absolute Gasteiger partial charge is 0.242 e. The third-order valence-electron chi connectivity index (χ3n) is 2.35. The van der Waals surface area contributed by atoms with Crippen molar-refractivity contribution in [3.63, 3.8) is 0 Å². The molecule has 0 saturated heterocycles. The fourth-order valence-corrected chi connectivity index (χ4v) is 3.17. The van der Waals surface area contributed by atoms with Gasteiger partial charge in [-0.05, 0) is 41.9 Å². The SMILES string of the molecule is CCOC(C)CNS(=O)(=O)c1cc(Br)c(F)cc1N. The molecule has 0 amide bonds. The van der Waals surface area contributed by atoms with Crippen LogP contribution in [0.1, 0.15) is 13.8 Å². The number of nitrogens with one attached hydrogen (secondary N) is 1. The number of nitrogens with two attached hydrogens (primary N) is 1. The maximum Gasteiger partial charge on any atom is 0.242 e. The van der Waals surface area contributed by atoms with E-state index in [2.05, 4.69) is 20.7 Å². The molecular weight excluding hydrogens is 339 g/mol. The lowest BCUT2D eigenvalue weighted by atomic mass is 10.3. The molecule has 8 heteroatoms. The highest BCUT2D eigenvalue weighted by Gasteiger charge is 2.20. The summed E-state index contributed by atoms with van der Waals surface area (Å²) in [6.45, 7) is 4.17. The van der Waals surface area contributed by atoms with Crippen molar-refractivity contribution >= 4 is 31.6 Å². The van der Waals surface area contributed by atoms with Crippen molar-refractivity contribution in [1.82, 2.24) is 4.72 Å². The average molecular weight is 355 g/mol. The molecule has 3 N–H and O–H groups in total. The van der Waals surface area contributed by atoms with E-state index in [9.17, 15) is 12.8 Å². The van der Waals surface area contributed by atoms with Crippen molar-refractivity contribution in [2.24, 2.45) is 0 Å². The van der Waals surface area contributed by atoms with Gasteiger partial charge in [0.15, 0.2) is 0 Å². The van der Waals surface area contributed by atoms with Crippen LogP contribution in [0.15, 0.2) is 21.5 Å². The van der Waals surface area contributed by atoms with E-state index in [1.165, 1.54) is 0 Å². The molecule has 1 aromatic carbocycles. The molecule has 1 unspecified atom stereocenters. The highest BCUT2D eigenvalue weighted by Crippen LogP contribution is 2.25. The van der Waals surface area contributed by atoms with Gasteiger partial charge in [-0.25, -0.2) is 17.5 Å². The molecule has 0 aromatic heterocycles. The van der Waals surface area contributed by atoms with Gasteiger partial charge in [0.2, 0.25) is 10.0 Å². The normalized spacial score (nSPS) is 13.5. The van der Waals surface area contributed by atoms with Crippen molar-refractivity contribution in [1.29, 1.82) is 0 Å². The third-order valence-corrected chi connectivity index (χ3v) is 4.44. The first-order chi connectivity index (χ1) is 8.77. The van der Waals surface area contributed by atoms with Gasteiger partial charge in [-0.1, -0.05) is 0 Å². The van der Waals surface area contributed by atoms with Gasteiger partial charge in [0.1, 0.15) is 10.7 Å². The number of hydrogen-bond acceptors (Lipinski definition) is 4. The van der Waals surface area contributed by atoms with Gasteiger partial charge < -0.3 is 10.5 Å². The third kappa shape index (κ3) is 4.41. The lowest BCUT2D eigenvalue weighted by molar-refractivity contribution is 0.0799. The molecule has 0 saturated carbocycles. The number of nitrogen functional groups attached to an aromatic ring is 1. The van der Waals surface area contributed by atoms with E-state index in [0.29, 0.717) is 6.61 Å². The second-order valence-corrected chi connectivity index (χ2v) is 6.51. The van der Waals surface area contributed by atoms with Crippen molar-refractivity contribution in [2.75, 3.05) is 18.9 Å². The van der Waals surface area contributed by atoms with Gasteiger partial charge >= 0.3 is 0 Å². The molecule has 0 fully saturated rings. The number of hydrogen-bond donors (Lipinski definition) is 2. The second-order valence-electron chi connectivity index (χ2n) is 3.92. The van der Waals surface area contributed by atoms with Crippen LogP contribution in [0, 0.1) is 5.82 Å². The van der Waals surface area contributed by atoms with Crippen LogP contribution < -0.4 is 10.5 Å². The number of ether oxygens (including phenoxy) is 1. The average Bonchev–Trinajstić information content (AvgIpc) is 2.31. The molecule has 0 radical (unpaired) electrons. The summed E-state index contributed by atoms with van der Waals surface area (Å²) < 4.78 is 44.9. The molecule has 5 nitrogen and oxygen atoms in total. The van der Waals surface area contributed by atoms with E-state index in [4.69, 9.17) is 10.5 Å². The summed E-state index contributed by atoms with van der Waals surface area (Å²) in [4.78, 5) is -0.163. The Morgan fingerprint density at radius 3 is 2.74 bits per heavy atom. The molecular formula is C11H16BrFN2O3S. The van der Waals surface area contributed by atoms with Crippen LogP contribution in [0.5, 0.6) is 0 Å².